The van der Waals surface area contributed by atoms with E-state index in [1.807, 2.05) is 18.2 Å². The maximum absolute atomic E-state index is 6.39. The Balaban J connectivity index is 2.01. The van der Waals surface area contributed by atoms with Crippen LogP contribution >= 0.6 is 0 Å². The van der Waals surface area contributed by atoms with Crippen LogP contribution in [0.1, 0.15) is 36.1 Å². The van der Waals surface area contributed by atoms with Crippen molar-refractivity contribution in [2.24, 2.45) is 5.73 Å². The Hall–Kier alpha value is -2.00. The molecule has 1 heterocycles. The molecule has 0 fully saturated rings. The van der Waals surface area contributed by atoms with Crippen LogP contribution in [0.25, 0.3) is 0 Å². The molecular formula is C18H21NO2. The van der Waals surface area contributed by atoms with Crippen molar-refractivity contribution >= 4 is 0 Å². The van der Waals surface area contributed by atoms with Crippen molar-refractivity contribution in [2.45, 2.75) is 31.9 Å². The molecule has 2 aromatic rings. The van der Waals surface area contributed by atoms with Crippen LogP contribution < -0.4 is 15.2 Å². The molecule has 0 spiro atoms. The van der Waals surface area contributed by atoms with E-state index in [1.54, 1.807) is 7.11 Å². The van der Waals surface area contributed by atoms with Crippen molar-refractivity contribution in [3.8, 4) is 11.5 Å². The van der Waals surface area contributed by atoms with Crippen LogP contribution in [-0.4, -0.2) is 7.11 Å². The molecule has 0 saturated heterocycles. The van der Waals surface area contributed by atoms with Gasteiger partial charge in [-0.3, -0.25) is 0 Å². The summed E-state index contributed by atoms with van der Waals surface area (Å²) in [5.41, 5.74) is 9.40. The van der Waals surface area contributed by atoms with Gasteiger partial charge in [0.15, 0.2) is 0 Å². The Kier molecular flexibility index (Phi) is 3.38. The minimum Gasteiger partial charge on any atom is -0.497 e. The van der Waals surface area contributed by atoms with Crippen LogP contribution in [0, 0.1) is 6.92 Å². The summed E-state index contributed by atoms with van der Waals surface area (Å²) in [5.74, 6) is 1.66. The molecule has 3 heteroatoms. The van der Waals surface area contributed by atoms with Crippen molar-refractivity contribution in [1.82, 2.24) is 0 Å². The first-order valence-corrected chi connectivity index (χ1v) is 7.21. The zero-order valence-electron chi connectivity index (χ0n) is 12.7. The third-order valence-corrected chi connectivity index (χ3v) is 4.19. The first-order chi connectivity index (χ1) is 10.0. The molecule has 3 rings (SSSR count). The average molecular weight is 283 g/mol. The Morgan fingerprint density at radius 3 is 2.76 bits per heavy atom. The standard InChI is InChI=1S/C18H21NO2/c1-12-5-4-6-13(9-12)18(2)11-16(19)15-10-14(20-3)7-8-17(15)21-18/h4-10,16H,11,19H2,1-3H3. The van der Waals surface area contributed by atoms with E-state index >= 15 is 0 Å². The summed E-state index contributed by atoms with van der Waals surface area (Å²) in [4.78, 5) is 0. The van der Waals surface area contributed by atoms with Gasteiger partial charge in [0.05, 0.1) is 7.11 Å². The molecule has 2 N–H and O–H groups in total. The topological polar surface area (TPSA) is 44.5 Å². The predicted octanol–water partition coefficient (Wildman–Crippen LogP) is 3.70. The first-order valence-electron chi connectivity index (χ1n) is 7.21. The predicted molar refractivity (Wildman–Crippen MR) is 83.7 cm³/mol. The van der Waals surface area contributed by atoms with Gasteiger partial charge >= 0.3 is 0 Å². The molecule has 0 aromatic heterocycles. The summed E-state index contributed by atoms with van der Waals surface area (Å²) in [5, 5.41) is 0. The SMILES string of the molecule is COc1ccc2c(c1)C(N)CC(C)(c1cccc(C)c1)O2. The Labute approximate surface area is 125 Å². The van der Waals surface area contributed by atoms with Crippen LogP contribution in [-0.2, 0) is 5.60 Å². The fourth-order valence-electron chi connectivity index (χ4n) is 3.00. The quantitative estimate of drug-likeness (QED) is 0.914. The number of hydrogen-bond donors (Lipinski definition) is 1. The van der Waals surface area contributed by atoms with Crippen molar-refractivity contribution in [2.75, 3.05) is 7.11 Å². The highest BCUT2D eigenvalue weighted by Gasteiger charge is 2.37. The van der Waals surface area contributed by atoms with E-state index < -0.39 is 5.60 Å². The average Bonchev–Trinajstić information content (AvgIpc) is 2.47. The largest absolute Gasteiger partial charge is 0.497 e. The molecule has 21 heavy (non-hydrogen) atoms. The number of nitrogens with two attached hydrogens (primary N) is 1. The van der Waals surface area contributed by atoms with Crippen LogP contribution in [0.4, 0.5) is 0 Å². The van der Waals surface area contributed by atoms with Gasteiger partial charge in [-0.05, 0) is 37.6 Å². The highest BCUT2D eigenvalue weighted by atomic mass is 16.5. The van der Waals surface area contributed by atoms with Gasteiger partial charge in [-0.25, -0.2) is 0 Å². The van der Waals surface area contributed by atoms with Gasteiger partial charge in [0.25, 0.3) is 0 Å². The fraction of sp³-hybridized carbons (Fsp3) is 0.333. The maximum atomic E-state index is 6.39. The van der Waals surface area contributed by atoms with Crippen molar-refractivity contribution in [3.05, 3.63) is 59.2 Å². The summed E-state index contributed by atoms with van der Waals surface area (Å²) in [6.07, 6.45) is 0.747. The van der Waals surface area contributed by atoms with Crippen molar-refractivity contribution in [1.29, 1.82) is 0 Å². The third-order valence-electron chi connectivity index (χ3n) is 4.19. The van der Waals surface area contributed by atoms with Gasteiger partial charge < -0.3 is 15.2 Å². The highest BCUT2D eigenvalue weighted by molar-refractivity contribution is 5.45. The van der Waals surface area contributed by atoms with E-state index in [0.29, 0.717) is 0 Å². The second-order valence-corrected chi connectivity index (χ2v) is 5.92. The second kappa shape index (κ2) is 5.08. The van der Waals surface area contributed by atoms with Gasteiger partial charge in [0.1, 0.15) is 17.1 Å². The lowest BCUT2D eigenvalue weighted by Gasteiger charge is -2.39. The van der Waals surface area contributed by atoms with E-state index in [9.17, 15) is 0 Å². The van der Waals surface area contributed by atoms with Gasteiger partial charge in [-0.15, -0.1) is 0 Å². The van der Waals surface area contributed by atoms with Crippen LogP contribution in [0.2, 0.25) is 0 Å². The minimum absolute atomic E-state index is 0.0608. The van der Waals surface area contributed by atoms with E-state index in [-0.39, 0.29) is 6.04 Å². The number of fused-ring (bicyclic) bond motifs is 1. The van der Waals surface area contributed by atoms with Crippen LogP contribution in [0.15, 0.2) is 42.5 Å². The number of benzene rings is 2. The Morgan fingerprint density at radius 1 is 1.24 bits per heavy atom. The molecule has 0 amide bonds. The molecule has 1 aliphatic rings. The first kappa shape index (κ1) is 14.0. The number of rotatable bonds is 2. The van der Waals surface area contributed by atoms with Gasteiger partial charge in [0.2, 0.25) is 0 Å². The molecule has 0 radical (unpaired) electrons. The van der Waals surface area contributed by atoms with Crippen LogP contribution in [0.5, 0.6) is 11.5 Å². The highest BCUT2D eigenvalue weighted by Crippen LogP contribution is 2.44. The molecule has 0 saturated carbocycles. The molecule has 3 nitrogen and oxygen atoms in total. The molecule has 2 unspecified atom stereocenters. The van der Waals surface area contributed by atoms with Crippen LogP contribution in [0.3, 0.4) is 0 Å². The lowest BCUT2D eigenvalue weighted by molar-refractivity contribution is 0.0509. The lowest BCUT2D eigenvalue weighted by Crippen LogP contribution is -2.38. The normalized spacial score (nSPS) is 24.1. The number of methoxy groups -OCH3 is 1. The maximum Gasteiger partial charge on any atom is 0.133 e. The van der Waals surface area contributed by atoms with Crippen molar-refractivity contribution < 1.29 is 9.47 Å². The monoisotopic (exact) mass is 283 g/mol. The van der Waals surface area contributed by atoms with Gasteiger partial charge in [0, 0.05) is 18.0 Å². The molecule has 110 valence electrons. The summed E-state index contributed by atoms with van der Waals surface area (Å²) in [6, 6.07) is 14.2. The van der Waals surface area contributed by atoms with E-state index in [4.69, 9.17) is 15.2 Å². The Bertz CT molecular complexity index is 668. The van der Waals surface area contributed by atoms with E-state index in [1.165, 1.54) is 11.1 Å². The molecule has 2 aromatic carbocycles. The smallest absolute Gasteiger partial charge is 0.133 e. The second-order valence-electron chi connectivity index (χ2n) is 5.92. The molecular weight excluding hydrogens is 262 g/mol. The summed E-state index contributed by atoms with van der Waals surface area (Å²) >= 11 is 0. The van der Waals surface area contributed by atoms with E-state index in [0.717, 1.165) is 23.5 Å². The third kappa shape index (κ3) is 2.49. The zero-order valence-corrected chi connectivity index (χ0v) is 12.7. The molecule has 2 atom stereocenters. The fourth-order valence-corrected chi connectivity index (χ4v) is 3.00. The zero-order chi connectivity index (χ0) is 15.0. The summed E-state index contributed by atoms with van der Waals surface area (Å²) in [6.45, 7) is 4.20. The van der Waals surface area contributed by atoms with Gasteiger partial charge in [-0.1, -0.05) is 29.8 Å². The molecule has 0 bridgehead atoms. The molecule has 1 aliphatic heterocycles. The number of aryl methyl sites for hydroxylation is 1. The molecule has 0 aliphatic carbocycles. The lowest BCUT2D eigenvalue weighted by atomic mass is 9.83. The van der Waals surface area contributed by atoms with Gasteiger partial charge in [-0.2, -0.15) is 0 Å². The Morgan fingerprint density at radius 2 is 2.05 bits per heavy atom. The number of ether oxygens (including phenoxy) is 2. The summed E-state index contributed by atoms with van der Waals surface area (Å²) < 4.78 is 11.6. The summed E-state index contributed by atoms with van der Waals surface area (Å²) in [7, 11) is 1.66. The minimum atomic E-state index is -0.396. The number of hydrogen-bond acceptors (Lipinski definition) is 3. The van der Waals surface area contributed by atoms with Crippen molar-refractivity contribution in [3.63, 3.8) is 0 Å². The van der Waals surface area contributed by atoms with E-state index in [2.05, 4.69) is 38.1 Å².